The number of amides is 1. The van der Waals surface area contributed by atoms with Gasteiger partial charge in [0.1, 0.15) is 23.9 Å². The summed E-state index contributed by atoms with van der Waals surface area (Å²) in [5.74, 6) is 0.959. The number of carbonyl (C=O) groups excluding carboxylic acids is 1. The molecule has 1 aliphatic heterocycles. The molecule has 0 unspecified atom stereocenters. The molecule has 156 valence electrons. The number of benzene rings is 2. The van der Waals surface area contributed by atoms with Crippen LogP contribution in [-0.2, 0) is 6.61 Å². The van der Waals surface area contributed by atoms with Gasteiger partial charge in [0.25, 0.3) is 5.91 Å². The monoisotopic (exact) mass is 409 g/mol. The Labute approximate surface area is 174 Å². The van der Waals surface area contributed by atoms with Gasteiger partial charge in [-0.2, -0.15) is 0 Å². The van der Waals surface area contributed by atoms with Gasteiger partial charge in [0.05, 0.1) is 16.8 Å². The fourth-order valence-corrected chi connectivity index (χ4v) is 3.62. The molecule has 2 aromatic carbocycles. The van der Waals surface area contributed by atoms with Crippen LogP contribution >= 0.6 is 0 Å². The molecule has 3 aromatic rings. The number of halogens is 1. The van der Waals surface area contributed by atoms with Gasteiger partial charge in [0.2, 0.25) is 0 Å². The van der Waals surface area contributed by atoms with Crippen LogP contribution in [0.3, 0.4) is 0 Å². The van der Waals surface area contributed by atoms with E-state index in [2.05, 4.69) is 10.1 Å². The second kappa shape index (κ2) is 8.57. The Kier molecular flexibility index (Phi) is 5.70. The predicted octanol–water partition coefficient (Wildman–Crippen LogP) is 3.97. The van der Waals surface area contributed by atoms with Crippen LogP contribution in [0, 0.1) is 19.7 Å². The molecule has 0 saturated carbocycles. The van der Waals surface area contributed by atoms with E-state index in [1.54, 1.807) is 24.3 Å². The van der Waals surface area contributed by atoms with Crippen molar-refractivity contribution in [1.29, 1.82) is 0 Å². The van der Waals surface area contributed by atoms with Crippen LogP contribution in [0.15, 0.2) is 53.1 Å². The van der Waals surface area contributed by atoms with Crippen LogP contribution in [0.4, 0.5) is 10.1 Å². The van der Waals surface area contributed by atoms with Crippen molar-refractivity contribution in [2.45, 2.75) is 20.5 Å². The Bertz CT molecular complexity index is 1000. The Hall–Kier alpha value is -3.35. The maximum atomic E-state index is 13.2. The normalized spacial score (nSPS) is 14.1. The molecule has 6 nitrogen and oxygen atoms in total. The fraction of sp³-hybridized carbons (Fsp3) is 0.304. The summed E-state index contributed by atoms with van der Waals surface area (Å²) in [6, 6.07) is 13.7. The number of nitrogens with zero attached hydrogens (tertiary/aromatic N) is 3. The van der Waals surface area contributed by atoms with Gasteiger partial charge in [0, 0.05) is 31.9 Å². The number of anilines is 1. The minimum absolute atomic E-state index is 0.0527. The summed E-state index contributed by atoms with van der Waals surface area (Å²) in [5, 5.41) is 3.94. The standard InChI is InChI=1S/C23H24FN3O3/c1-16-21(17(2)30-25-16)15-29-22-6-4-3-5-20(22)23(28)27-13-11-26(12-14-27)19-9-7-18(24)8-10-19/h3-10H,11-15H2,1-2H3. The molecule has 1 aromatic heterocycles. The number of hydrogen-bond donors (Lipinski definition) is 0. The largest absolute Gasteiger partial charge is 0.488 e. The van der Waals surface area contributed by atoms with Crippen LogP contribution < -0.4 is 9.64 Å². The van der Waals surface area contributed by atoms with E-state index in [0.717, 1.165) is 16.9 Å². The molecule has 0 aliphatic carbocycles. The third-order valence-corrected chi connectivity index (χ3v) is 5.43. The molecule has 7 heteroatoms. The lowest BCUT2D eigenvalue weighted by atomic mass is 10.1. The average Bonchev–Trinajstić information content (AvgIpc) is 3.10. The Morgan fingerprint density at radius 2 is 1.77 bits per heavy atom. The van der Waals surface area contributed by atoms with E-state index >= 15 is 0 Å². The zero-order valence-corrected chi connectivity index (χ0v) is 17.1. The summed E-state index contributed by atoms with van der Waals surface area (Å²) in [6.45, 7) is 6.58. The number of aromatic nitrogens is 1. The van der Waals surface area contributed by atoms with Crippen LogP contribution in [-0.4, -0.2) is 42.1 Å². The molecule has 30 heavy (non-hydrogen) atoms. The molecule has 0 N–H and O–H groups in total. The van der Waals surface area contributed by atoms with Crippen LogP contribution in [0.25, 0.3) is 0 Å². The third-order valence-electron chi connectivity index (χ3n) is 5.43. The number of piperazine rings is 1. The molecule has 4 rings (SSSR count). The molecule has 1 amide bonds. The van der Waals surface area contributed by atoms with Gasteiger partial charge in [0.15, 0.2) is 0 Å². The summed E-state index contributed by atoms with van der Waals surface area (Å²) >= 11 is 0. The molecular weight excluding hydrogens is 385 g/mol. The van der Waals surface area contributed by atoms with Crippen molar-refractivity contribution in [2.75, 3.05) is 31.1 Å². The highest BCUT2D eigenvalue weighted by Crippen LogP contribution is 2.24. The number of hydrogen-bond acceptors (Lipinski definition) is 5. The smallest absolute Gasteiger partial charge is 0.257 e. The van der Waals surface area contributed by atoms with Gasteiger partial charge in [-0.3, -0.25) is 4.79 Å². The van der Waals surface area contributed by atoms with Crippen molar-refractivity contribution >= 4 is 11.6 Å². The van der Waals surface area contributed by atoms with Gasteiger partial charge >= 0.3 is 0 Å². The molecule has 1 saturated heterocycles. The number of rotatable bonds is 5. The molecule has 0 radical (unpaired) electrons. The molecule has 0 atom stereocenters. The van der Waals surface area contributed by atoms with Crippen molar-refractivity contribution in [1.82, 2.24) is 10.1 Å². The number of carbonyl (C=O) groups is 1. The highest BCUT2D eigenvalue weighted by atomic mass is 19.1. The van der Waals surface area contributed by atoms with E-state index < -0.39 is 0 Å². The third kappa shape index (κ3) is 4.15. The fourth-order valence-electron chi connectivity index (χ4n) is 3.62. The lowest BCUT2D eigenvalue weighted by Gasteiger charge is -2.36. The van der Waals surface area contributed by atoms with Gasteiger partial charge in [-0.05, 0) is 50.2 Å². The molecule has 2 heterocycles. The number of para-hydroxylation sites is 1. The van der Waals surface area contributed by atoms with Crippen LogP contribution in [0.5, 0.6) is 5.75 Å². The van der Waals surface area contributed by atoms with E-state index in [0.29, 0.717) is 49.9 Å². The number of ether oxygens (including phenoxy) is 1. The molecular formula is C23H24FN3O3. The van der Waals surface area contributed by atoms with Gasteiger partial charge in [-0.1, -0.05) is 17.3 Å². The van der Waals surface area contributed by atoms with Crippen LogP contribution in [0.1, 0.15) is 27.4 Å². The molecule has 1 aliphatic rings. The summed E-state index contributed by atoms with van der Waals surface area (Å²) < 4.78 is 24.3. The van der Waals surface area contributed by atoms with Crippen molar-refractivity contribution in [3.63, 3.8) is 0 Å². The highest BCUT2D eigenvalue weighted by molar-refractivity contribution is 5.97. The quantitative estimate of drug-likeness (QED) is 0.638. The Morgan fingerprint density at radius 3 is 2.43 bits per heavy atom. The summed E-state index contributed by atoms with van der Waals surface area (Å²) in [4.78, 5) is 17.1. The maximum Gasteiger partial charge on any atom is 0.257 e. The maximum absolute atomic E-state index is 13.2. The van der Waals surface area contributed by atoms with E-state index in [1.807, 2.05) is 30.9 Å². The highest BCUT2D eigenvalue weighted by Gasteiger charge is 2.24. The second-order valence-electron chi connectivity index (χ2n) is 7.34. The first-order valence-corrected chi connectivity index (χ1v) is 9.96. The van der Waals surface area contributed by atoms with Gasteiger partial charge in [-0.25, -0.2) is 4.39 Å². The first-order valence-electron chi connectivity index (χ1n) is 9.96. The molecule has 1 fully saturated rings. The minimum Gasteiger partial charge on any atom is -0.488 e. The van der Waals surface area contributed by atoms with E-state index in [4.69, 9.17) is 9.26 Å². The Morgan fingerprint density at radius 1 is 1.07 bits per heavy atom. The summed E-state index contributed by atoms with van der Waals surface area (Å²) in [7, 11) is 0. The Balaban J connectivity index is 1.42. The van der Waals surface area contributed by atoms with E-state index in [9.17, 15) is 9.18 Å². The molecule has 0 spiro atoms. The lowest BCUT2D eigenvalue weighted by molar-refractivity contribution is 0.0742. The van der Waals surface area contributed by atoms with Crippen molar-refractivity contribution in [2.24, 2.45) is 0 Å². The van der Waals surface area contributed by atoms with Crippen LogP contribution in [0.2, 0.25) is 0 Å². The summed E-state index contributed by atoms with van der Waals surface area (Å²) in [6.07, 6.45) is 0. The zero-order chi connectivity index (χ0) is 21.1. The SMILES string of the molecule is Cc1noc(C)c1COc1ccccc1C(=O)N1CCN(c2ccc(F)cc2)CC1. The number of aryl methyl sites for hydroxylation is 2. The van der Waals surface area contributed by atoms with E-state index in [1.165, 1.54) is 12.1 Å². The lowest BCUT2D eigenvalue weighted by Crippen LogP contribution is -2.48. The zero-order valence-electron chi connectivity index (χ0n) is 17.1. The second-order valence-corrected chi connectivity index (χ2v) is 7.34. The first kappa shape index (κ1) is 19.9. The molecule has 0 bridgehead atoms. The first-order chi connectivity index (χ1) is 14.5. The van der Waals surface area contributed by atoms with Crippen molar-refractivity contribution in [3.05, 3.63) is 76.9 Å². The topological polar surface area (TPSA) is 58.8 Å². The predicted molar refractivity (Wildman–Crippen MR) is 111 cm³/mol. The average molecular weight is 409 g/mol. The van der Waals surface area contributed by atoms with Gasteiger partial charge < -0.3 is 19.1 Å². The van der Waals surface area contributed by atoms with Crippen molar-refractivity contribution in [3.8, 4) is 5.75 Å². The van der Waals surface area contributed by atoms with Crippen molar-refractivity contribution < 1.29 is 18.4 Å². The minimum atomic E-state index is -0.249. The summed E-state index contributed by atoms with van der Waals surface area (Å²) in [5.41, 5.74) is 3.18. The van der Waals surface area contributed by atoms with E-state index in [-0.39, 0.29) is 11.7 Å². The van der Waals surface area contributed by atoms with Gasteiger partial charge in [-0.15, -0.1) is 0 Å².